The maximum absolute atomic E-state index is 12.7. The minimum Gasteiger partial charge on any atom is -0.301 e. The van der Waals surface area contributed by atoms with E-state index in [1.54, 1.807) is 41.0 Å². The molecule has 10 heteroatoms. The predicted molar refractivity (Wildman–Crippen MR) is 119 cm³/mol. The SMILES string of the molecule is C=CCn1c(CS(=O)(=O)c2ccccc2)nnc1SCC(=O)c1ccc(Cl)cc1Cl. The van der Waals surface area contributed by atoms with Gasteiger partial charge in [0, 0.05) is 17.1 Å². The van der Waals surface area contributed by atoms with Crippen LogP contribution in [0.2, 0.25) is 10.0 Å². The second-order valence-corrected chi connectivity index (χ2v) is 9.98. The van der Waals surface area contributed by atoms with Gasteiger partial charge in [-0.3, -0.25) is 4.79 Å². The third kappa shape index (κ3) is 5.31. The number of nitrogens with zero attached hydrogens (tertiary/aromatic N) is 3. The van der Waals surface area contributed by atoms with Gasteiger partial charge in [0.2, 0.25) is 0 Å². The van der Waals surface area contributed by atoms with Crippen molar-refractivity contribution in [2.24, 2.45) is 0 Å². The molecule has 6 nitrogen and oxygen atoms in total. The molecule has 3 rings (SSSR count). The lowest BCUT2D eigenvalue weighted by atomic mass is 10.1. The lowest BCUT2D eigenvalue weighted by Crippen LogP contribution is -2.12. The molecular formula is C20H17Cl2N3O3S2. The Morgan fingerprint density at radius 1 is 1.13 bits per heavy atom. The summed E-state index contributed by atoms with van der Waals surface area (Å²) < 4.78 is 27.0. The monoisotopic (exact) mass is 481 g/mol. The molecule has 0 fully saturated rings. The zero-order valence-electron chi connectivity index (χ0n) is 15.7. The van der Waals surface area contributed by atoms with Gasteiger partial charge in [0.25, 0.3) is 0 Å². The summed E-state index contributed by atoms with van der Waals surface area (Å²) >= 11 is 13.1. The molecule has 0 atom stereocenters. The molecule has 0 unspecified atom stereocenters. The molecule has 0 bridgehead atoms. The molecule has 156 valence electrons. The van der Waals surface area contributed by atoms with E-state index in [1.165, 1.54) is 18.2 Å². The summed E-state index contributed by atoms with van der Waals surface area (Å²) in [6, 6.07) is 12.8. The van der Waals surface area contributed by atoms with Crippen molar-refractivity contribution < 1.29 is 13.2 Å². The van der Waals surface area contributed by atoms with E-state index in [1.807, 2.05) is 0 Å². The summed E-state index contributed by atoms with van der Waals surface area (Å²) in [5.74, 6) is -0.177. The smallest absolute Gasteiger partial charge is 0.191 e. The quantitative estimate of drug-likeness (QED) is 0.249. The van der Waals surface area contributed by atoms with Crippen LogP contribution in [0.1, 0.15) is 16.2 Å². The number of allylic oxidation sites excluding steroid dienone is 1. The van der Waals surface area contributed by atoms with Crippen LogP contribution >= 0.6 is 35.0 Å². The number of hydrogen-bond donors (Lipinski definition) is 0. The molecule has 0 saturated heterocycles. The highest BCUT2D eigenvalue weighted by atomic mass is 35.5. The molecule has 0 radical (unpaired) electrons. The topological polar surface area (TPSA) is 81.9 Å². The molecule has 0 aliphatic carbocycles. The fraction of sp³-hybridized carbons (Fsp3) is 0.150. The number of rotatable bonds is 9. The zero-order valence-corrected chi connectivity index (χ0v) is 18.8. The van der Waals surface area contributed by atoms with Crippen LogP contribution in [-0.4, -0.2) is 34.7 Å². The Kier molecular flexibility index (Phi) is 7.36. The molecule has 0 amide bonds. The van der Waals surface area contributed by atoms with Crippen LogP contribution in [0, 0.1) is 0 Å². The maximum Gasteiger partial charge on any atom is 0.191 e. The molecule has 2 aromatic carbocycles. The van der Waals surface area contributed by atoms with Crippen molar-refractivity contribution in [3.8, 4) is 0 Å². The number of carbonyl (C=O) groups excluding carboxylic acids is 1. The molecule has 3 aromatic rings. The lowest BCUT2D eigenvalue weighted by Gasteiger charge is -2.09. The van der Waals surface area contributed by atoms with Gasteiger partial charge in [0.05, 0.1) is 15.7 Å². The molecule has 0 aliphatic heterocycles. The van der Waals surface area contributed by atoms with E-state index >= 15 is 0 Å². The number of hydrogen-bond acceptors (Lipinski definition) is 6. The van der Waals surface area contributed by atoms with Crippen LogP contribution < -0.4 is 0 Å². The van der Waals surface area contributed by atoms with E-state index in [0.717, 1.165) is 11.8 Å². The summed E-state index contributed by atoms with van der Waals surface area (Å²) in [6.45, 7) is 4.01. The summed E-state index contributed by atoms with van der Waals surface area (Å²) in [5, 5.41) is 9.25. The van der Waals surface area contributed by atoms with E-state index in [-0.39, 0.29) is 33.0 Å². The highest BCUT2D eigenvalue weighted by Crippen LogP contribution is 2.25. The van der Waals surface area contributed by atoms with Crippen LogP contribution in [0.3, 0.4) is 0 Å². The van der Waals surface area contributed by atoms with Gasteiger partial charge in [-0.1, -0.05) is 59.2 Å². The average Bonchev–Trinajstić information content (AvgIpc) is 3.08. The first-order valence-electron chi connectivity index (χ1n) is 8.73. The highest BCUT2D eigenvalue weighted by Gasteiger charge is 2.22. The Morgan fingerprint density at radius 3 is 2.53 bits per heavy atom. The molecular weight excluding hydrogens is 465 g/mol. The van der Waals surface area contributed by atoms with Gasteiger partial charge >= 0.3 is 0 Å². The van der Waals surface area contributed by atoms with Crippen molar-refractivity contribution in [2.75, 3.05) is 5.75 Å². The van der Waals surface area contributed by atoms with E-state index in [0.29, 0.717) is 22.3 Å². The second kappa shape index (κ2) is 9.78. The number of ketones is 1. The van der Waals surface area contributed by atoms with Crippen LogP contribution in [0.5, 0.6) is 0 Å². The normalized spacial score (nSPS) is 11.4. The molecule has 0 N–H and O–H groups in total. The highest BCUT2D eigenvalue weighted by molar-refractivity contribution is 7.99. The fourth-order valence-electron chi connectivity index (χ4n) is 2.65. The fourth-order valence-corrected chi connectivity index (χ4v) is 5.31. The number of sulfone groups is 1. The van der Waals surface area contributed by atoms with E-state index < -0.39 is 9.84 Å². The molecule has 30 heavy (non-hydrogen) atoms. The van der Waals surface area contributed by atoms with Gasteiger partial charge in [0.15, 0.2) is 20.8 Å². The summed E-state index contributed by atoms with van der Waals surface area (Å²) in [7, 11) is -3.59. The summed E-state index contributed by atoms with van der Waals surface area (Å²) in [4.78, 5) is 12.7. The van der Waals surface area contributed by atoms with Crippen molar-refractivity contribution in [1.82, 2.24) is 14.8 Å². The van der Waals surface area contributed by atoms with Gasteiger partial charge in [-0.2, -0.15) is 0 Å². The Morgan fingerprint density at radius 2 is 1.87 bits per heavy atom. The van der Waals surface area contributed by atoms with Gasteiger partial charge < -0.3 is 4.57 Å². The first-order valence-corrected chi connectivity index (χ1v) is 12.1. The van der Waals surface area contributed by atoms with E-state index in [2.05, 4.69) is 16.8 Å². The van der Waals surface area contributed by atoms with Crippen molar-refractivity contribution in [3.63, 3.8) is 0 Å². The molecule has 1 aromatic heterocycles. The summed E-state index contributed by atoms with van der Waals surface area (Å²) in [5.41, 5.74) is 0.357. The van der Waals surface area contributed by atoms with Gasteiger partial charge in [-0.15, -0.1) is 16.8 Å². The zero-order chi connectivity index (χ0) is 21.7. The molecule has 0 saturated carbocycles. The van der Waals surface area contributed by atoms with Crippen molar-refractivity contribution in [2.45, 2.75) is 22.3 Å². The Labute approximate surface area is 188 Å². The van der Waals surface area contributed by atoms with E-state index in [4.69, 9.17) is 23.2 Å². The van der Waals surface area contributed by atoms with Gasteiger partial charge in [-0.25, -0.2) is 8.42 Å². The number of thioether (sulfide) groups is 1. The Hall–Kier alpha value is -2.13. The minimum atomic E-state index is -3.59. The minimum absolute atomic E-state index is 0.0576. The van der Waals surface area contributed by atoms with Gasteiger partial charge in [-0.05, 0) is 30.3 Å². The van der Waals surface area contributed by atoms with Crippen LogP contribution in [-0.2, 0) is 22.1 Å². The van der Waals surface area contributed by atoms with Crippen molar-refractivity contribution in [1.29, 1.82) is 0 Å². The van der Waals surface area contributed by atoms with Crippen molar-refractivity contribution in [3.05, 3.63) is 82.6 Å². The van der Waals surface area contributed by atoms with Crippen LogP contribution in [0.4, 0.5) is 0 Å². The average molecular weight is 482 g/mol. The largest absolute Gasteiger partial charge is 0.301 e. The van der Waals surface area contributed by atoms with Crippen LogP contribution in [0.25, 0.3) is 0 Å². The molecule has 1 heterocycles. The van der Waals surface area contributed by atoms with Crippen molar-refractivity contribution >= 4 is 50.6 Å². The number of benzene rings is 2. The Bertz CT molecular complexity index is 1180. The summed E-state index contributed by atoms with van der Waals surface area (Å²) in [6.07, 6.45) is 1.62. The first-order chi connectivity index (χ1) is 14.3. The predicted octanol–water partition coefficient (Wildman–Crippen LogP) is 4.72. The number of aromatic nitrogens is 3. The molecule has 0 aliphatic rings. The van der Waals surface area contributed by atoms with Crippen LogP contribution in [0.15, 0.2) is 71.2 Å². The number of carbonyl (C=O) groups is 1. The van der Waals surface area contributed by atoms with E-state index in [9.17, 15) is 13.2 Å². The Balaban J connectivity index is 1.79. The third-order valence-corrected chi connectivity index (χ3v) is 7.23. The maximum atomic E-state index is 12.7. The number of halogens is 2. The standard InChI is InChI=1S/C20H17Cl2N3O3S2/c1-2-10-25-19(13-30(27,28)15-6-4-3-5-7-15)23-24-20(25)29-12-18(26)16-9-8-14(21)11-17(16)22/h2-9,11H,1,10,12-13H2. The lowest BCUT2D eigenvalue weighted by molar-refractivity contribution is 0.102. The molecule has 0 spiro atoms. The second-order valence-electron chi connectivity index (χ2n) is 6.21. The van der Waals surface area contributed by atoms with Gasteiger partial charge in [0.1, 0.15) is 11.6 Å². The first kappa shape index (κ1) is 22.6. The number of Topliss-reactive ketones (excluding diaryl/α,β-unsaturated/α-hetero) is 1. The third-order valence-electron chi connectivity index (χ3n) is 4.09.